The summed E-state index contributed by atoms with van der Waals surface area (Å²) in [6.07, 6.45) is 5.40. The van der Waals surface area contributed by atoms with Crippen molar-refractivity contribution in [2.45, 2.75) is 32.7 Å². The van der Waals surface area contributed by atoms with Crippen LogP contribution in [0.1, 0.15) is 37.0 Å². The fourth-order valence-electron chi connectivity index (χ4n) is 2.46. The Morgan fingerprint density at radius 1 is 1.47 bits per heavy atom. The highest BCUT2D eigenvalue weighted by atomic mass is 16.4. The summed E-state index contributed by atoms with van der Waals surface area (Å²) in [6.45, 7) is 4.46. The predicted molar refractivity (Wildman–Crippen MR) is 66.2 cm³/mol. The van der Waals surface area contributed by atoms with Crippen molar-refractivity contribution < 1.29 is 9.90 Å². The highest BCUT2D eigenvalue weighted by Gasteiger charge is 2.30. The van der Waals surface area contributed by atoms with E-state index in [1.54, 1.807) is 6.20 Å². The Kier molecular flexibility index (Phi) is 3.31. The van der Waals surface area contributed by atoms with E-state index < -0.39 is 5.97 Å². The molecular formula is C13H18N2O2. The number of carboxylic acid groups (broad SMARTS) is 1. The topological polar surface area (TPSA) is 62.2 Å². The molecule has 3 unspecified atom stereocenters. The molecule has 0 spiro atoms. The average Bonchev–Trinajstić information content (AvgIpc) is 2.61. The van der Waals surface area contributed by atoms with Crippen molar-refractivity contribution in [2.24, 2.45) is 11.8 Å². The molecular weight excluding hydrogens is 216 g/mol. The summed E-state index contributed by atoms with van der Waals surface area (Å²) in [5.74, 6) is 0.350. The third kappa shape index (κ3) is 2.40. The average molecular weight is 234 g/mol. The van der Waals surface area contributed by atoms with Gasteiger partial charge in [0, 0.05) is 12.2 Å². The van der Waals surface area contributed by atoms with Crippen molar-refractivity contribution in [1.82, 2.24) is 4.98 Å². The molecule has 0 aromatic carbocycles. The first kappa shape index (κ1) is 11.9. The van der Waals surface area contributed by atoms with Gasteiger partial charge in [-0.2, -0.15) is 0 Å². The summed E-state index contributed by atoms with van der Waals surface area (Å²) in [5.41, 5.74) is 0.928. The summed E-state index contributed by atoms with van der Waals surface area (Å²) in [4.78, 5) is 15.1. The lowest BCUT2D eigenvalue weighted by Gasteiger charge is -2.21. The van der Waals surface area contributed by atoms with Crippen molar-refractivity contribution in [2.75, 3.05) is 5.32 Å². The Morgan fingerprint density at radius 3 is 2.82 bits per heavy atom. The molecule has 1 heterocycles. The van der Waals surface area contributed by atoms with E-state index in [-0.39, 0.29) is 0 Å². The Bertz CT molecular complexity index is 420. The Morgan fingerprint density at radius 2 is 2.24 bits per heavy atom. The summed E-state index contributed by atoms with van der Waals surface area (Å²) >= 11 is 0. The van der Waals surface area contributed by atoms with Gasteiger partial charge in [-0.05, 0) is 30.7 Å². The monoisotopic (exact) mass is 234 g/mol. The van der Waals surface area contributed by atoms with Crippen LogP contribution >= 0.6 is 0 Å². The van der Waals surface area contributed by atoms with Gasteiger partial charge in [0.15, 0.2) is 0 Å². The normalized spacial score (nSPS) is 28.0. The number of aromatic nitrogens is 1. The number of rotatable bonds is 3. The first-order valence-electron chi connectivity index (χ1n) is 6.03. The molecule has 1 fully saturated rings. The van der Waals surface area contributed by atoms with Gasteiger partial charge in [0.05, 0.1) is 17.4 Å². The highest BCUT2D eigenvalue weighted by Crippen LogP contribution is 2.33. The number of carboxylic acids is 1. The smallest absolute Gasteiger partial charge is 0.337 e. The lowest BCUT2D eigenvalue weighted by atomic mass is 9.97. The number of carbonyl (C=O) groups is 1. The maximum absolute atomic E-state index is 11.1. The van der Waals surface area contributed by atoms with Crippen LogP contribution < -0.4 is 5.32 Å². The number of pyridine rings is 1. The van der Waals surface area contributed by atoms with E-state index in [4.69, 9.17) is 5.11 Å². The minimum Gasteiger partial charge on any atom is -0.478 e. The molecule has 2 N–H and O–H groups in total. The standard InChI is InChI=1S/C13H18N2O2/c1-8-3-4-11(9(8)2)15-12-7-14-6-5-10(12)13(16)17/h5-9,11,15H,3-4H2,1-2H3,(H,16,17). The van der Waals surface area contributed by atoms with Gasteiger partial charge < -0.3 is 10.4 Å². The van der Waals surface area contributed by atoms with Gasteiger partial charge in [-0.3, -0.25) is 4.98 Å². The van der Waals surface area contributed by atoms with Gasteiger partial charge in [0.25, 0.3) is 0 Å². The van der Waals surface area contributed by atoms with Crippen LogP contribution in [-0.4, -0.2) is 22.1 Å². The van der Waals surface area contributed by atoms with Crippen LogP contribution in [0.3, 0.4) is 0 Å². The minimum atomic E-state index is -0.909. The molecule has 4 nitrogen and oxygen atoms in total. The number of hydrogen-bond acceptors (Lipinski definition) is 3. The van der Waals surface area contributed by atoms with Crippen molar-refractivity contribution in [1.29, 1.82) is 0 Å². The molecule has 1 aromatic heterocycles. The van der Waals surface area contributed by atoms with Crippen LogP contribution in [0.2, 0.25) is 0 Å². The summed E-state index contributed by atoms with van der Waals surface area (Å²) in [7, 11) is 0. The fraction of sp³-hybridized carbons (Fsp3) is 0.538. The largest absolute Gasteiger partial charge is 0.478 e. The fourth-order valence-corrected chi connectivity index (χ4v) is 2.46. The van der Waals surface area contributed by atoms with Crippen LogP contribution in [0.15, 0.2) is 18.5 Å². The van der Waals surface area contributed by atoms with Crippen LogP contribution in [0, 0.1) is 11.8 Å². The number of nitrogens with one attached hydrogen (secondary N) is 1. The molecule has 0 radical (unpaired) electrons. The van der Waals surface area contributed by atoms with Crippen LogP contribution in [0.25, 0.3) is 0 Å². The van der Waals surface area contributed by atoms with Crippen molar-refractivity contribution in [3.63, 3.8) is 0 Å². The van der Waals surface area contributed by atoms with Crippen molar-refractivity contribution in [3.8, 4) is 0 Å². The highest BCUT2D eigenvalue weighted by molar-refractivity contribution is 5.93. The van der Waals surface area contributed by atoms with Gasteiger partial charge in [0.1, 0.15) is 0 Å². The van der Waals surface area contributed by atoms with Gasteiger partial charge in [0.2, 0.25) is 0 Å². The van der Waals surface area contributed by atoms with Gasteiger partial charge >= 0.3 is 5.97 Å². The van der Waals surface area contributed by atoms with Crippen LogP contribution in [0.4, 0.5) is 5.69 Å². The zero-order valence-electron chi connectivity index (χ0n) is 10.2. The van der Waals surface area contributed by atoms with Crippen LogP contribution in [0.5, 0.6) is 0 Å². The second kappa shape index (κ2) is 4.73. The maximum atomic E-state index is 11.1. The molecule has 1 aliphatic rings. The lowest BCUT2D eigenvalue weighted by Crippen LogP contribution is -2.25. The van der Waals surface area contributed by atoms with Gasteiger partial charge in [-0.15, -0.1) is 0 Å². The van der Waals surface area contributed by atoms with E-state index in [1.807, 2.05) is 0 Å². The molecule has 0 aliphatic heterocycles. The molecule has 3 atom stereocenters. The summed E-state index contributed by atoms with van der Waals surface area (Å²) < 4.78 is 0. The number of anilines is 1. The van der Waals surface area contributed by atoms with Crippen molar-refractivity contribution >= 4 is 11.7 Å². The molecule has 0 saturated heterocycles. The van der Waals surface area contributed by atoms with E-state index >= 15 is 0 Å². The number of nitrogens with zero attached hydrogens (tertiary/aromatic N) is 1. The van der Waals surface area contributed by atoms with Gasteiger partial charge in [-0.25, -0.2) is 4.79 Å². The maximum Gasteiger partial charge on any atom is 0.337 e. The number of aromatic carboxylic acids is 1. The molecule has 0 bridgehead atoms. The SMILES string of the molecule is CC1CCC(Nc2cnccc2C(=O)O)C1C. The molecule has 0 amide bonds. The van der Waals surface area contributed by atoms with Crippen molar-refractivity contribution in [3.05, 3.63) is 24.0 Å². The molecule has 1 saturated carbocycles. The summed E-state index contributed by atoms with van der Waals surface area (Å²) in [6, 6.07) is 1.89. The predicted octanol–water partition coefficient (Wildman–Crippen LogP) is 2.63. The Hall–Kier alpha value is -1.58. The molecule has 1 aliphatic carbocycles. The second-order valence-corrected chi connectivity index (χ2v) is 4.89. The molecule has 17 heavy (non-hydrogen) atoms. The Balaban J connectivity index is 2.16. The zero-order valence-corrected chi connectivity index (χ0v) is 10.2. The van der Waals surface area contributed by atoms with E-state index in [9.17, 15) is 4.79 Å². The molecule has 1 aromatic rings. The second-order valence-electron chi connectivity index (χ2n) is 4.89. The third-order valence-corrected chi connectivity index (χ3v) is 3.86. The first-order chi connectivity index (χ1) is 8.09. The third-order valence-electron chi connectivity index (χ3n) is 3.86. The van der Waals surface area contributed by atoms with E-state index in [0.717, 1.165) is 6.42 Å². The number of hydrogen-bond donors (Lipinski definition) is 2. The first-order valence-corrected chi connectivity index (χ1v) is 6.03. The van der Waals surface area contributed by atoms with E-state index in [1.165, 1.54) is 18.7 Å². The van der Waals surface area contributed by atoms with E-state index in [0.29, 0.717) is 29.1 Å². The van der Waals surface area contributed by atoms with Crippen LogP contribution in [-0.2, 0) is 0 Å². The molecule has 2 rings (SSSR count). The zero-order chi connectivity index (χ0) is 12.4. The quantitative estimate of drug-likeness (QED) is 0.844. The molecule has 92 valence electrons. The molecule has 4 heteroatoms. The van der Waals surface area contributed by atoms with Gasteiger partial charge in [-0.1, -0.05) is 13.8 Å². The lowest BCUT2D eigenvalue weighted by molar-refractivity contribution is 0.0697. The Labute approximate surface area is 101 Å². The summed E-state index contributed by atoms with van der Waals surface area (Å²) in [5, 5.41) is 12.4. The van der Waals surface area contributed by atoms with E-state index in [2.05, 4.69) is 24.1 Å². The minimum absolute atomic E-state index is 0.298.